The van der Waals surface area contributed by atoms with E-state index in [1.807, 2.05) is 43.3 Å². The van der Waals surface area contributed by atoms with Gasteiger partial charge in [-0.25, -0.2) is 4.79 Å². The zero-order valence-corrected chi connectivity index (χ0v) is 21.3. The third kappa shape index (κ3) is 5.75. The Bertz CT molecular complexity index is 1290. The normalized spacial score (nSPS) is 16.6. The molecule has 6 nitrogen and oxygen atoms in total. The first kappa shape index (κ1) is 24.8. The van der Waals surface area contributed by atoms with Crippen molar-refractivity contribution < 1.29 is 14.3 Å². The minimum atomic E-state index is -0.387. The lowest BCUT2D eigenvalue weighted by Gasteiger charge is -2.26. The van der Waals surface area contributed by atoms with Crippen LogP contribution in [0.4, 0.5) is 11.4 Å². The van der Waals surface area contributed by atoms with E-state index in [9.17, 15) is 9.59 Å². The first-order valence-electron chi connectivity index (χ1n) is 13.1. The van der Waals surface area contributed by atoms with Gasteiger partial charge in [-0.2, -0.15) is 0 Å². The van der Waals surface area contributed by atoms with Crippen LogP contribution in [0.1, 0.15) is 59.7 Å². The number of likely N-dealkylation sites (tertiary alicyclic amines) is 1. The Morgan fingerprint density at radius 2 is 1.70 bits per heavy atom. The highest BCUT2D eigenvalue weighted by atomic mass is 16.5. The topological polar surface area (TPSA) is 70.7 Å². The predicted octanol–water partition coefficient (Wildman–Crippen LogP) is 6.17. The third-order valence-electron chi connectivity index (χ3n) is 6.83. The van der Waals surface area contributed by atoms with Crippen LogP contribution in [0.2, 0.25) is 0 Å². The van der Waals surface area contributed by atoms with Gasteiger partial charge in [-0.1, -0.05) is 61.9 Å². The molecule has 2 N–H and O–H groups in total. The number of carbonyl (C=O) groups is 2. The zero-order valence-electron chi connectivity index (χ0n) is 21.3. The summed E-state index contributed by atoms with van der Waals surface area (Å²) >= 11 is 0. The van der Waals surface area contributed by atoms with Crippen molar-refractivity contribution in [3.63, 3.8) is 0 Å². The number of nitrogens with zero attached hydrogens (tertiary/aromatic N) is 1. The summed E-state index contributed by atoms with van der Waals surface area (Å²) in [5.74, 6) is -0.593. The van der Waals surface area contributed by atoms with Crippen LogP contribution in [0.15, 0.2) is 72.8 Å². The van der Waals surface area contributed by atoms with E-state index in [1.165, 1.54) is 24.8 Å². The molecule has 0 saturated carbocycles. The molecule has 3 aromatic carbocycles. The van der Waals surface area contributed by atoms with E-state index in [0.717, 1.165) is 48.6 Å². The van der Waals surface area contributed by atoms with E-state index in [2.05, 4.69) is 39.8 Å². The van der Waals surface area contributed by atoms with Gasteiger partial charge in [0.25, 0.3) is 5.91 Å². The third-order valence-corrected chi connectivity index (χ3v) is 6.83. The van der Waals surface area contributed by atoms with Crippen LogP contribution in [-0.4, -0.2) is 36.5 Å². The number of hydrogen-bond acceptors (Lipinski definition) is 5. The molecule has 37 heavy (non-hydrogen) atoms. The monoisotopic (exact) mass is 495 g/mol. The fourth-order valence-electron chi connectivity index (χ4n) is 4.92. The molecule has 3 aromatic rings. The molecule has 190 valence electrons. The maximum Gasteiger partial charge on any atom is 0.338 e. The number of hydrogen-bond donors (Lipinski definition) is 2. The van der Waals surface area contributed by atoms with Crippen LogP contribution in [0.5, 0.6) is 0 Å². The molecule has 2 aliphatic heterocycles. The molecule has 1 fully saturated rings. The fraction of sp³-hybridized carbons (Fsp3) is 0.290. The van der Waals surface area contributed by atoms with E-state index in [-0.39, 0.29) is 11.9 Å². The second-order valence-electron chi connectivity index (χ2n) is 9.63. The van der Waals surface area contributed by atoms with Crippen molar-refractivity contribution in [1.82, 2.24) is 4.90 Å². The molecule has 0 aliphatic carbocycles. The van der Waals surface area contributed by atoms with Crippen LogP contribution in [-0.2, 0) is 16.1 Å². The number of piperidine rings is 1. The van der Waals surface area contributed by atoms with Gasteiger partial charge >= 0.3 is 5.97 Å². The Morgan fingerprint density at radius 3 is 2.43 bits per heavy atom. The number of ether oxygens (including phenoxy) is 1. The van der Waals surface area contributed by atoms with Gasteiger partial charge in [0.1, 0.15) is 0 Å². The Labute approximate surface area is 218 Å². The lowest BCUT2D eigenvalue weighted by atomic mass is 9.99. The second kappa shape index (κ2) is 11.4. The summed E-state index contributed by atoms with van der Waals surface area (Å²) in [6.45, 7) is 5.61. The first-order valence-corrected chi connectivity index (χ1v) is 13.1. The van der Waals surface area contributed by atoms with Gasteiger partial charge in [-0.3, -0.25) is 9.69 Å². The van der Waals surface area contributed by atoms with Gasteiger partial charge in [0.15, 0.2) is 0 Å². The average Bonchev–Trinajstić information content (AvgIpc) is 3.27. The molecule has 0 radical (unpaired) electrons. The summed E-state index contributed by atoms with van der Waals surface area (Å²) in [5.41, 5.74) is 6.16. The SMILES string of the molecule is CCCOC(=O)c1ccc2c(c1)NC(=O)C2=C(Nc1ccc(CN2CCCCC2)cc1)c1ccccc1. The number of esters is 1. The van der Waals surface area contributed by atoms with Gasteiger partial charge in [0.2, 0.25) is 0 Å². The zero-order chi connectivity index (χ0) is 25.6. The Balaban J connectivity index is 1.45. The molecule has 2 heterocycles. The first-order chi connectivity index (χ1) is 18.1. The smallest absolute Gasteiger partial charge is 0.338 e. The number of benzene rings is 3. The van der Waals surface area contributed by atoms with Crippen LogP contribution in [0.25, 0.3) is 11.3 Å². The Hall–Kier alpha value is -3.90. The summed E-state index contributed by atoms with van der Waals surface area (Å²) in [6.07, 6.45) is 4.64. The fourth-order valence-corrected chi connectivity index (χ4v) is 4.92. The van der Waals surface area contributed by atoms with Gasteiger partial charge in [-0.05, 0) is 67.7 Å². The van der Waals surface area contributed by atoms with Crippen LogP contribution in [0, 0.1) is 0 Å². The van der Waals surface area contributed by atoms with Crippen molar-refractivity contribution in [2.45, 2.75) is 39.2 Å². The van der Waals surface area contributed by atoms with Crippen molar-refractivity contribution in [2.24, 2.45) is 0 Å². The predicted molar refractivity (Wildman–Crippen MR) is 148 cm³/mol. The van der Waals surface area contributed by atoms with E-state index in [4.69, 9.17) is 4.74 Å². The second-order valence-corrected chi connectivity index (χ2v) is 9.63. The van der Waals surface area contributed by atoms with Crippen LogP contribution in [0.3, 0.4) is 0 Å². The number of anilines is 2. The van der Waals surface area contributed by atoms with E-state index in [1.54, 1.807) is 12.1 Å². The van der Waals surface area contributed by atoms with Crippen molar-refractivity contribution in [2.75, 3.05) is 30.3 Å². The van der Waals surface area contributed by atoms with E-state index in [0.29, 0.717) is 23.4 Å². The minimum Gasteiger partial charge on any atom is -0.462 e. The highest BCUT2D eigenvalue weighted by molar-refractivity contribution is 6.37. The molecule has 0 spiro atoms. The highest BCUT2D eigenvalue weighted by Gasteiger charge is 2.29. The molecule has 6 heteroatoms. The minimum absolute atomic E-state index is 0.206. The molecule has 1 amide bonds. The molecule has 0 bridgehead atoms. The van der Waals surface area contributed by atoms with Crippen molar-refractivity contribution in [3.8, 4) is 0 Å². The molecular weight excluding hydrogens is 462 g/mol. The van der Waals surface area contributed by atoms with Crippen LogP contribution >= 0.6 is 0 Å². The van der Waals surface area contributed by atoms with Gasteiger partial charge in [-0.15, -0.1) is 0 Å². The van der Waals surface area contributed by atoms with Crippen LogP contribution < -0.4 is 10.6 Å². The number of carbonyl (C=O) groups excluding carboxylic acids is 2. The van der Waals surface area contributed by atoms with Gasteiger partial charge in [0, 0.05) is 17.8 Å². The molecule has 5 rings (SSSR count). The molecule has 0 atom stereocenters. The lowest BCUT2D eigenvalue weighted by molar-refractivity contribution is -0.110. The molecule has 2 aliphatic rings. The number of fused-ring (bicyclic) bond motifs is 1. The quantitative estimate of drug-likeness (QED) is 0.289. The summed E-state index contributed by atoms with van der Waals surface area (Å²) < 4.78 is 5.26. The summed E-state index contributed by atoms with van der Waals surface area (Å²) in [5, 5.41) is 6.46. The lowest BCUT2D eigenvalue weighted by Crippen LogP contribution is -2.29. The number of amides is 1. The maximum atomic E-state index is 13.2. The Morgan fingerprint density at radius 1 is 0.946 bits per heavy atom. The Kier molecular flexibility index (Phi) is 7.66. The van der Waals surface area contributed by atoms with Crippen molar-refractivity contribution in [3.05, 3.63) is 95.1 Å². The summed E-state index contributed by atoms with van der Waals surface area (Å²) in [6, 6.07) is 23.5. The van der Waals surface area contributed by atoms with E-state index >= 15 is 0 Å². The molecular formula is C31H33N3O3. The van der Waals surface area contributed by atoms with Crippen molar-refractivity contribution in [1.29, 1.82) is 0 Å². The summed E-state index contributed by atoms with van der Waals surface area (Å²) in [4.78, 5) is 28.1. The van der Waals surface area contributed by atoms with Gasteiger partial charge in [0.05, 0.1) is 29.1 Å². The molecule has 0 unspecified atom stereocenters. The average molecular weight is 496 g/mol. The number of rotatable bonds is 8. The molecule has 1 saturated heterocycles. The maximum absolute atomic E-state index is 13.2. The van der Waals surface area contributed by atoms with E-state index < -0.39 is 0 Å². The number of nitrogens with one attached hydrogen (secondary N) is 2. The summed E-state index contributed by atoms with van der Waals surface area (Å²) in [7, 11) is 0. The van der Waals surface area contributed by atoms with Crippen molar-refractivity contribution >= 4 is 34.5 Å². The highest BCUT2D eigenvalue weighted by Crippen LogP contribution is 2.38. The van der Waals surface area contributed by atoms with Gasteiger partial charge < -0.3 is 15.4 Å². The molecule has 0 aromatic heterocycles. The largest absolute Gasteiger partial charge is 0.462 e. The standard InChI is InChI=1S/C31H33N3O3/c1-2-19-37-31(36)24-13-16-26-27(20-24)33-30(35)28(26)29(23-9-5-3-6-10-23)32-25-14-11-22(12-15-25)21-34-17-7-4-8-18-34/h3,5-6,9-16,20,32H,2,4,7-8,17-19,21H2,1H3,(H,33,35).